The van der Waals surface area contributed by atoms with Crippen LogP contribution in [0.1, 0.15) is 16.7 Å². The zero-order valence-electron chi connectivity index (χ0n) is 14.3. The molecule has 0 heterocycles. The summed E-state index contributed by atoms with van der Waals surface area (Å²) in [4.78, 5) is 12.8. The highest BCUT2D eigenvalue weighted by Crippen LogP contribution is 2.30. The van der Waals surface area contributed by atoms with Gasteiger partial charge in [0.25, 0.3) is 5.91 Å². The molecule has 3 aromatic carbocycles. The Labute approximate surface area is 156 Å². The molecule has 3 rings (SSSR count). The Morgan fingerprint density at radius 2 is 1.41 bits per heavy atom. The van der Waals surface area contributed by atoms with Gasteiger partial charge in [-0.2, -0.15) is 5.10 Å². The first-order valence-electron chi connectivity index (χ1n) is 8.20. The second-order valence-electron chi connectivity index (χ2n) is 5.89. The van der Waals surface area contributed by atoms with Gasteiger partial charge in [0.15, 0.2) is 17.1 Å². The van der Waals surface area contributed by atoms with Crippen molar-refractivity contribution in [2.75, 3.05) is 0 Å². The van der Waals surface area contributed by atoms with Gasteiger partial charge >= 0.3 is 0 Å². The van der Waals surface area contributed by atoms with Crippen molar-refractivity contribution in [1.82, 2.24) is 5.43 Å². The number of rotatable bonds is 5. The standard InChI is InChI=1S/C21H18N2O4/c24-18-12-11-15(13-19(18)25)14-22-23-20(26)21(27,16-7-3-1-4-8-16)17-9-5-2-6-10-17/h1-14,24-25,27H,(H,23,26)/b22-14+. The first-order valence-corrected chi connectivity index (χ1v) is 8.20. The third-order valence-electron chi connectivity index (χ3n) is 4.09. The summed E-state index contributed by atoms with van der Waals surface area (Å²) in [6.07, 6.45) is 1.30. The normalized spacial score (nSPS) is 11.4. The summed E-state index contributed by atoms with van der Waals surface area (Å²) in [5, 5.41) is 33.9. The van der Waals surface area contributed by atoms with Crippen LogP contribution >= 0.6 is 0 Å². The summed E-state index contributed by atoms with van der Waals surface area (Å²) < 4.78 is 0. The molecule has 6 heteroatoms. The summed E-state index contributed by atoms with van der Waals surface area (Å²) in [6.45, 7) is 0. The van der Waals surface area contributed by atoms with Gasteiger partial charge in [0.2, 0.25) is 0 Å². The quantitative estimate of drug-likeness (QED) is 0.318. The zero-order valence-corrected chi connectivity index (χ0v) is 14.3. The predicted molar refractivity (Wildman–Crippen MR) is 101 cm³/mol. The average Bonchev–Trinajstić information content (AvgIpc) is 2.71. The number of nitrogens with one attached hydrogen (secondary N) is 1. The lowest BCUT2D eigenvalue weighted by molar-refractivity contribution is -0.136. The molecular formula is C21H18N2O4. The molecule has 0 aromatic heterocycles. The number of carbonyl (C=O) groups excluding carboxylic acids is 1. The maximum absolute atomic E-state index is 12.8. The molecule has 6 nitrogen and oxygen atoms in total. The highest BCUT2D eigenvalue weighted by atomic mass is 16.3. The molecule has 0 spiro atoms. The smallest absolute Gasteiger partial charge is 0.281 e. The number of aliphatic hydroxyl groups is 1. The maximum Gasteiger partial charge on any atom is 0.281 e. The molecular weight excluding hydrogens is 344 g/mol. The van der Waals surface area contributed by atoms with Crippen LogP contribution in [0.25, 0.3) is 0 Å². The summed E-state index contributed by atoms with van der Waals surface area (Å²) in [7, 11) is 0. The van der Waals surface area contributed by atoms with E-state index < -0.39 is 11.5 Å². The number of amides is 1. The molecule has 3 aromatic rings. The molecule has 0 aliphatic heterocycles. The maximum atomic E-state index is 12.8. The monoisotopic (exact) mass is 362 g/mol. The van der Waals surface area contributed by atoms with Crippen LogP contribution in [-0.2, 0) is 10.4 Å². The van der Waals surface area contributed by atoms with Crippen molar-refractivity contribution in [3.63, 3.8) is 0 Å². The van der Waals surface area contributed by atoms with Crippen molar-refractivity contribution in [3.8, 4) is 11.5 Å². The number of hydrogen-bond donors (Lipinski definition) is 4. The predicted octanol–water partition coefficient (Wildman–Crippen LogP) is 2.48. The molecule has 0 fully saturated rings. The van der Waals surface area contributed by atoms with Gasteiger partial charge in [0, 0.05) is 0 Å². The number of nitrogens with zero attached hydrogens (tertiary/aromatic N) is 1. The summed E-state index contributed by atoms with van der Waals surface area (Å²) in [6, 6.07) is 21.3. The molecule has 0 aliphatic rings. The van der Waals surface area contributed by atoms with E-state index in [1.807, 2.05) is 0 Å². The minimum absolute atomic E-state index is 0.251. The van der Waals surface area contributed by atoms with Gasteiger partial charge < -0.3 is 15.3 Å². The fourth-order valence-electron chi connectivity index (χ4n) is 2.65. The van der Waals surface area contributed by atoms with Gasteiger partial charge in [0.1, 0.15) is 0 Å². The summed E-state index contributed by atoms with van der Waals surface area (Å²) in [5.74, 6) is -1.27. The van der Waals surface area contributed by atoms with Crippen molar-refractivity contribution in [2.45, 2.75) is 5.60 Å². The van der Waals surface area contributed by atoms with Crippen molar-refractivity contribution >= 4 is 12.1 Å². The van der Waals surface area contributed by atoms with E-state index in [0.717, 1.165) is 0 Å². The van der Waals surface area contributed by atoms with Gasteiger partial charge in [-0.05, 0) is 34.9 Å². The molecule has 136 valence electrons. The Balaban J connectivity index is 1.88. The number of carbonyl (C=O) groups is 1. The van der Waals surface area contributed by atoms with Crippen LogP contribution in [0.5, 0.6) is 11.5 Å². The largest absolute Gasteiger partial charge is 0.504 e. The van der Waals surface area contributed by atoms with Crippen LogP contribution in [-0.4, -0.2) is 27.4 Å². The SMILES string of the molecule is O=C(N/N=C/c1ccc(O)c(O)c1)C(O)(c1ccccc1)c1ccccc1. The molecule has 0 radical (unpaired) electrons. The molecule has 0 unspecified atom stereocenters. The van der Waals surface area contributed by atoms with Crippen LogP contribution in [0.2, 0.25) is 0 Å². The average molecular weight is 362 g/mol. The minimum Gasteiger partial charge on any atom is -0.504 e. The van der Waals surface area contributed by atoms with E-state index in [-0.39, 0.29) is 11.5 Å². The lowest BCUT2D eigenvalue weighted by Gasteiger charge is -2.27. The van der Waals surface area contributed by atoms with E-state index in [1.165, 1.54) is 24.4 Å². The Kier molecular flexibility index (Phi) is 5.19. The minimum atomic E-state index is -1.92. The van der Waals surface area contributed by atoms with Crippen LogP contribution < -0.4 is 5.43 Å². The Hall–Kier alpha value is -3.64. The Morgan fingerprint density at radius 1 is 0.852 bits per heavy atom. The lowest BCUT2D eigenvalue weighted by Crippen LogP contribution is -2.43. The van der Waals surface area contributed by atoms with Crippen molar-refractivity contribution in [1.29, 1.82) is 0 Å². The van der Waals surface area contributed by atoms with Crippen molar-refractivity contribution < 1.29 is 20.1 Å². The van der Waals surface area contributed by atoms with E-state index in [4.69, 9.17) is 0 Å². The van der Waals surface area contributed by atoms with Crippen LogP contribution in [0.15, 0.2) is 84.0 Å². The number of hydrazone groups is 1. The number of aromatic hydroxyl groups is 2. The van der Waals surface area contributed by atoms with E-state index in [2.05, 4.69) is 10.5 Å². The van der Waals surface area contributed by atoms with Crippen LogP contribution in [0.4, 0.5) is 0 Å². The third-order valence-corrected chi connectivity index (χ3v) is 4.09. The van der Waals surface area contributed by atoms with Crippen molar-refractivity contribution in [3.05, 3.63) is 95.6 Å². The highest BCUT2D eigenvalue weighted by Gasteiger charge is 2.39. The number of phenols is 2. The van der Waals surface area contributed by atoms with Gasteiger partial charge in [-0.3, -0.25) is 4.79 Å². The fraction of sp³-hybridized carbons (Fsp3) is 0.0476. The zero-order chi connectivity index (χ0) is 19.3. The molecule has 0 bridgehead atoms. The first kappa shape index (κ1) is 18.2. The molecule has 27 heavy (non-hydrogen) atoms. The summed E-state index contributed by atoms with van der Waals surface area (Å²) in [5.41, 5.74) is 1.70. The van der Waals surface area contributed by atoms with Gasteiger partial charge in [-0.1, -0.05) is 60.7 Å². The van der Waals surface area contributed by atoms with Gasteiger partial charge in [0.05, 0.1) is 6.21 Å². The fourth-order valence-corrected chi connectivity index (χ4v) is 2.65. The number of hydrogen-bond acceptors (Lipinski definition) is 5. The van der Waals surface area contributed by atoms with Gasteiger partial charge in [-0.15, -0.1) is 0 Å². The molecule has 0 saturated heterocycles. The van der Waals surface area contributed by atoms with E-state index in [0.29, 0.717) is 16.7 Å². The van der Waals surface area contributed by atoms with E-state index >= 15 is 0 Å². The molecule has 0 aliphatic carbocycles. The molecule has 0 atom stereocenters. The van der Waals surface area contributed by atoms with E-state index in [9.17, 15) is 20.1 Å². The van der Waals surface area contributed by atoms with Crippen molar-refractivity contribution in [2.24, 2.45) is 5.10 Å². The lowest BCUT2D eigenvalue weighted by atomic mass is 9.85. The second-order valence-corrected chi connectivity index (χ2v) is 5.89. The van der Waals surface area contributed by atoms with Crippen LogP contribution in [0, 0.1) is 0 Å². The van der Waals surface area contributed by atoms with E-state index in [1.54, 1.807) is 60.7 Å². The second kappa shape index (κ2) is 7.72. The molecule has 4 N–H and O–H groups in total. The Morgan fingerprint density at radius 3 is 1.93 bits per heavy atom. The molecule has 0 saturated carbocycles. The Bertz CT molecular complexity index is 917. The van der Waals surface area contributed by atoms with Gasteiger partial charge in [-0.25, -0.2) is 5.43 Å². The highest BCUT2D eigenvalue weighted by molar-refractivity contribution is 5.91. The summed E-state index contributed by atoms with van der Waals surface area (Å²) >= 11 is 0. The third kappa shape index (κ3) is 3.80. The number of benzene rings is 3. The molecule has 1 amide bonds. The first-order chi connectivity index (χ1) is 13.0. The topological polar surface area (TPSA) is 102 Å². The number of phenolic OH excluding ortho intramolecular Hbond substituents is 2. The van der Waals surface area contributed by atoms with Crippen LogP contribution in [0.3, 0.4) is 0 Å².